The average Bonchev–Trinajstić information content (AvgIpc) is 3.07. The molecule has 0 bridgehead atoms. The smallest absolute Gasteiger partial charge is 0.193 e. The van der Waals surface area contributed by atoms with Gasteiger partial charge in [0.25, 0.3) is 0 Å². The molecule has 7 nitrogen and oxygen atoms in total. The third-order valence-electron chi connectivity index (χ3n) is 4.03. The number of hydrogen-bond acceptors (Lipinski definition) is 4. The van der Waals surface area contributed by atoms with Crippen molar-refractivity contribution in [1.29, 1.82) is 0 Å². The van der Waals surface area contributed by atoms with Crippen molar-refractivity contribution in [3.05, 3.63) is 60.3 Å². The molecule has 0 saturated heterocycles. The van der Waals surface area contributed by atoms with E-state index >= 15 is 0 Å². The van der Waals surface area contributed by atoms with E-state index in [1.165, 1.54) is 0 Å². The molecule has 140 valence electrons. The number of nitrogens with zero attached hydrogens (tertiary/aromatic N) is 3. The molecule has 0 amide bonds. The summed E-state index contributed by atoms with van der Waals surface area (Å²) in [6.07, 6.45) is 1.95. The van der Waals surface area contributed by atoms with Crippen LogP contribution in [0.4, 0.5) is 5.69 Å². The number of nitrogens with two attached hydrogens (primary N) is 1. The summed E-state index contributed by atoms with van der Waals surface area (Å²) in [5.74, 6) is 1.58. The zero-order valence-corrected chi connectivity index (χ0v) is 15.6. The van der Waals surface area contributed by atoms with Gasteiger partial charge in [-0.05, 0) is 12.1 Å². The number of nitrogens with one attached hydrogen (secondary N) is 1. The largest absolute Gasteiger partial charge is 0.493 e. The fourth-order valence-electron chi connectivity index (χ4n) is 2.76. The average molecular weight is 365 g/mol. The van der Waals surface area contributed by atoms with Gasteiger partial charge in [0.05, 0.1) is 26.5 Å². The van der Waals surface area contributed by atoms with Gasteiger partial charge in [0.15, 0.2) is 17.5 Å². The van der Waals surface area contributed by atoms with Crippen molar-refractivity contribution in [2.45, 2.75) is 6.54 Å². The summed E-state index contributed by atoms with van der Waals surface area (Å²) in [4.78, 5) is 4.45. The van der Waals surface area contributed by atoms with E-state index in [0.717, 1.165) is 22.5 Å². The summed E-state index contributed by atoms with van der Waals surface area (Å²) in [5.41, 5.74) is 9.77. The van der Waals surface area contributed by atoms with Gasteiger partial charge in [-0.15, -0.1) is 0 Å². The molecule has 0 fully saturated rings. The molecule has 0 saturated carbocycles. The molecule has 3 rings (SSSR count). The maximum Gasteiger partial charge on any atom is 0.193 e. The van der Waals surface area contributed by atoms with Crippen LogP contribution in [0.5, 0.6) is 11.5 Å². The minimum Gasteiger partial charge on any atom is -0.493 e. The van der Waals surface area contributed by atoms with Crippen molar-refractivity contribution < 1.29 is 9.47 Å². The second-order valence-electron chi connectivity index (χ2n) is 5.94. The molecule has 7 heteroatoms. The number of aliphatic imine (C=N–C) groups is 1. The molecular formula is C20H23N5O2. The van der Waals surface area contributed by atoms with Crippen LogP contribution in [0.3, 0.4) is 0 Å². The minimum absolute atomic E-state index is 0.310. The zero-order valence-electron chi connectivity index (χ0n) is 15.6. The number of anilines is 1. The van der Waals surface area contributed by atoms with Crippen LogP contribution in [0.25, 0.3) is 11.3 Å². The van der Waals surface area contributed by atoms with Gasteiger partial charge >= 0.3 is 0 Å². The Hall–Kier alpha value is -3.48. The molecule has 1 aromatic heterocycles. The second kappa shape index (κ2) is 8.27. The molecule has 0 aliphatic heterocycles. The van der Waals surface area contributed by atoms with Crippen LogP contribution in [0.1, 0.15) is 5.56 Å². The standard InChI is InChI=1S/C20H23N5O2/c1-25-13-15(19(24-25)14-7-5-4-6-8-14)12-22-20(21)23-16-9-10-17(26-2)18(11-16)27-3/h4-11,13H,12H2,1-3H3,(H3,21,22,23). The van der Waals surface area contributed by atoms with Crippen LogP contribution in [0, 0.1) is 0 Å². The molecule has 1 heterocycles. The van der Waals surface area contributed by atoms with Gasteiger partial charge in [-0.2, -0.15) is 5.10 Å². The lowest BCUT2D eigenvalue weighted by atomic mass is 10.1. The fourth-order valence-corrected chi connectivity index (χ4v) is 2.76. The summed E-state index contributed by atoms with van der Waals surface area (Å²) in [6.45, 7) is 0.421. The van der Waals surface area contributed by atoms with Crippen molar-refractivity contribution >= 4 is 11.6 Å². The Labute approximate surface area is 158 Å². The molecule has 0 radical (unpaired) electrons. The molecule has 27 heavy (non-hydrogen) atoms. The van der Waals surface area contributed by atoms with Crippen molar-refractivity contribution in [1.82, 2.24) is 9.78 Å². The molecule has 0 aliphatic carbocycles. The first-order chi connectivity index (χ1) is 13.1. The van der Waals surface area contributed by atoms with E-state index in [1.54, 1.807) is 25.0 Å². The van der Waals surface area contributed by atoms with E-state index in [-0.39, 0.29) is 0 Å². The molecule has 0 aliphatic rings. The number of aryl methyl sites for hydroxylation is 1. The van der Waals surface area contributed by atoms with Crippen molar-refractivity contribution in [2.75, 3.05) is 19.5 Å². The Bertz CT molecular complexity index is 935. The number of ether oxygens (including phenoxy) is 2. The van der Waals surface area contributed by atoms with Crippen LogP contribution in [0.2, 0.25) is 0 Å². The van der Waals surface area contributed by atoms with Crippen molar-refractivity contribution in [2.24, 2.45) is 17.8 Å². The van der Waals surface area contributed by atoms with Crippen LogP contribution in [0.15, 0.2) is 59.7 Å². The first kappa shape index (κ1) is 18.3. The lowest BCUT2D eigenvalue weighted by Gasteiger charge is -2.11. The maximum atomic E-state index is 6.05. The highest BCUT2D eigenvalue weighted by Gasteiger charge is 2.10. The SMILES string of the molecule is COc1ccc(NC(N)=NCc2cn(C)nc2-c2ccccc2)cc1OC. The third kappa shape index (κ3) is 4.38. The predicted molar refractivity (Wildman–Crippen MR) is 107 cm³/mol. The maximum absolute atomic E-state index is 6.05. The number of hydrogen-bond donors (Lipinski definition) is 2. The molecular weight excluding hydrogens is 342 g/mol. The summed E-state index contributed by atoms with van der Waals surface area (Å²) in [7, 11) is 5.08. The minimum atomic E-state index is 0.310. The van der Waals surface area contributed by atoms with Crippen molar-refractivity contribution in [3.8, 4) is 22.8 Å². The highest BCUT2D eigenvalue weighted by molar-refractivity contribution is 5.92. The Morgan fingerprint density at radius 3 is 2.56 bits per heavy atom. The second-order valence-corrected chi connectivity index (χ2v) is 5.94. The molecule has 2 aromatic carbocycles. The number of guanidine groups is 1. The fraction of sp³-hybridized carbons (Fsp3) is 0.200. The number of benzene rings is 2. The van der Waals surface area contributed by atoms with E-state index in [0.29, 0.717) is 24.0 Å². The van der Waals surface area contributed by atoms with Gasteiger partial charge in [-0.25, -0.2) is 4.99 Å². The van der Waals surface area contributed by atoms with Gasteiger partial charge in [0, 0.05) is 36.1 Å². The highest BCUT2D eigenvalue weighted by atomic mass is 16.5. The van der Waals surface area contributed by atoms with E-state index in [9.17, 15) is 0 Å². The van der Waals surface area contributed by atoms with E-state index < -0.39 is 0 Å². The van der Waals surface area contributed by atoms with Crippen LogP contribution >= 0.6 is 0 Å². The van der Waals surface area contributed by atoms with Gasteiger partial charge in [-0.3, -0.25) is 4.68 Å². The van der Waals surface area contributed by atoms with Crippen LogP contribution in [-0.2, 0) is 13.6 Å². The third-order valence-corrected chi connectivity index (χ3v) is 4.03. The van der Waals surface area contributed by atoms with Gasteiger partial charge in [0.2, 0.25) is 0 Å². The Kier molecular flexibility index (Phi) is 5.61. The molecule has 3 aromatic rings. The lowest BCUT2D eigenvalue weighted by Crippen LogP contribution is -2.22. The Balaban J connectivity index is 1.75. The van der Waals surface area contributed by atoms with E-state index in [2.05, 4.69) is 15.4 Å². The first-order valence-corrected chi connectivity index (χ1v) is 8.47. The van der Waals surface area contributed by atoms with E-state index in [4.69, 9.17) is 15.2 Å². The van der Waals surface area contributed by atoms with Crippen molar-refractivity contribution in [3.63, 3.8) is 0 Å². The topological polar surface area (TPSA) is 86.7 Å². The van der Waals surface area contributed by atoms with Gasteiger partial charge in [0.1, 0.15) is 0 Å². The number of aromatic nitrogens is 2. The van der Waals surface area contributed by atoms with E-state index in [1.807, 2.05) is 55.7 Å². The van der Waals surface area contributed by atoms with Crippen LogP contribution in [-0.4, -0.2) is 30.0 Å². The first-order valence-electron chi connectivity index (χ1n) is 8.47. The van der Waals surface area contributed by atoms with Gasteiger partial charge < -0.3 is 20.5 Å². The monoisotopic (exact) mass is 365 g/mol. The van der Waals surface area contributed by atoms with Gasteiger partial charge in [-0.1, -0.05) is 30.3 Å². The Morgan fingerprint density at radius 2 is 1.85 bits per heavy atom. The number of rotatable bonds is 6. The summed E-state index contributed by atoms with van der Waals surface area (Å²) >= 11 is 0. The highest BCUT2D eigenvalue weighted by Crippen LogP contribution is 2.29. The lowest BCUT2D eigenvalue weighted by molar-refractivity contribution is 0.355. The van der Waals surface area contributed by atoms with Crippen LogP contribution < -0.4 is 20.5 Å². The summed E-state index contributed by atoms with van der Waals surface area (Å²) < 4.78 is 12.3. The zero-order chi connectivity index (χ0) is 19.2. The normalized spacial score (nSPS) is 11.3. The summed E-state index contributed by atoms with van der Waals surface area (Å²) in [6, 6.07) is 15.5. The molecule has 3 N–H and O–H groups in total. The molecule has 0 atom stereocenters. The summed E-state index contributed by atoms with van der Waals surface area (Å²) in [5, 5.41) is 7.61. The predicted octanol–water partition coefficient (Wildman–Crippen LogP) is 3.03. The quantitative estimate of drug-likeness (QED) is 0.518. The number of methoxy groups -OCH3 is 2. The molecule has 0 unspecified atom stereocenters. The Morgan fingerprint density at radius 1 is 1.11 bits per heavy atom. The molecule has 0 spiro atoms.